The Labute approximate surface area is 100 Å². The predicted octanol–water partition coefficient (Wildman–Crippen LogP) is -0.444. The van der Waals surface area contributed by atoms with Crippen molar-refractivity contribution in [1.82, 2.24) is 4.72 Å². The Morgan fingerprint density at radius 3 is 2.47 bits per heavy atom. The first-order chi connectivity index (χ1) is 8.06. The maximum absolute atomic E-state index is 11.7. The minimum Gasteiger partial charge on any atom is -0.399 e. The Morgan fingerprint density at radius 2 is 1.88 bits per heavy atom. The number of nitrogens with two attached hydrogens (primary N) is 1. The van der Waals surface area contributed by atoms with Gasteiger partial charge in [0.1, 0.15) is 0 Å². The maximum atomic E-state index is 11.7. The molecule has 0 spiro atoms. The van der Waals surface area contributed by atoms with Gasteiger partial charge in [-0.2, -0.15) is 0 Å². The number of nitrogen functional groups attached to an aromatic ring is 1. The van der Waals surface area contributed by atoms with E-state index in [-0.39, 0.29) is 31.3 Å². The van der Waals surface area contributed by atoms with Crippen molar-refractivity contribution in [3.05, 3.63) is 24.3 Å². The van der Waals surface area contributed by atoms with Gasteiger partial charge >= 0.3 is 0 Å². The van der Waals surface area contributed by atoms with E-state index in [2.05, 4.69) is 4.72 Å². The number of hydrogen-bond acceptors (Lipinski definition) is 5. The van der Waals surface area contributed by atoms with E-state index in [0.29, 0.717) is 5.69 Å². The van der Waals surface area contributed by atoms with E-state index >= 15 is 0 Å². The Bertz CT molecular complexity index is 430. The molecule has 7 heteroatoms. The van der Waals surface area contributed by atoms with E-state index in [4.69, 9.17) is 15.6 Å². The van der Waals surface area contributed by atoms with Crippen molar-refractivity contribution < 1.29 is 18.3 Å². The van der Waals surface area contributed by atoms with Crippen LogP contribution in [0, 0.1) is 0 Å². The summed E-state index contributed by atoms with van der Waals surface area (Å²) in [6.07, 6.45) is 0. The molecule has 0 aliphatic heterocycles. The first kappa shape index (κ1) is 13.9. The lowest BCUT2D eigenvalue weighted by molar-refractivity contribution is 0.0961. The number of aliphatic hydroxyl groups is 1. The lowest BCUT2D eigenvalue weighted by Gasteiger charge is -2.07. The Kier molecular flexibility index (Phi) is 5.36. The van der Waals surface area contributed by atoms with Crippen molar-refractivity contribution in [3.8, 4) is 0 Å². The fourth-order valence-electron chi connectivity index (χ4n) is 1.15. The van der Waals surface area contributed by atoms with Crippen LogP contribution in [0.4, 0.5) is 5.69 Å². The molecule has 0 fully saturated rings. The predicted molar refractivity (Wildman–Crippen MR) is 63.9 cm³/mol. The van der Waals surface area contributed by atoms with E-state index < -0.39 is 10.0 Å². The molecule has 0 aliphatic rings. The molecule has 1 rings (SSSR count). The molecule has 6 nitrogen and oxygen atoms in total. The molecule has 0 amide bonds. The molecule has 0 bridgehead atoms. The fraction of sp³-hybridized carbons (Fsp3) is 0.400. The molecule has 0 aliphatic carbocycles. The highest BCUT2D eigenvalue weighted by atomic mass is 32.2. The van der Waals surface area contributed by atoms with Crippen LogP contribution in [0.3, 0.4) is 0 Å². The number of anilines is 1. The normalized spacial score (nSPS) is 11.6. The molecule has 1 aromatic carbocycles. The van der Waals surface area contributed by atoms with Gasteiger partial charge in [0.15, 0.2) is 0 Å². The number of ether oxygens (including phenoxy) is 1. The Morgan fingerprint density at radius 1 is 1.24 bits per heavy atom. The molecule has 96 valence electrons. The second-order valence-corrected chi connectivity index (χ2v) is 5.07. The molecular formula is C10H16N2O4S. The highest BCUT2D eigenvalue weighted by molar-refractivity contribution is 7.89. The van der Waals surface area contributed by atoms with E-state index in [0.717, 1.165) is 0 Å². The van der Waals surface area contributed by atoms with Crippen molar-refractivity contribution in [2.75, 3.05) is 32.1 Å². The average molecular weight is 260 g/mol. The molecule has 17 heavy (non-hydrogen) atoms. The van der Waals surface area contributed by atoms with E-state index in [1.165, 1.54) is 24.3 Å². The molecular weight excluding hydrogens is 244 g/mol. The molecule has 0 saturated carbocycles. The SMILES string of the molecule is Nc1ccc(S(=O)(=O)NCCOCCO)cc1. The molecule has 0 saturated heterocycles. The maximum Gasteiger partial charge on any atom is 0.240 e. The second kappa shape index (κ2) is 6.55. The van der Waals surface area contributed by atoms with Crippen LogP contribution in [0.15, 0.2) is 29.2 Å². The zero-order valence-electron chi connectivity index (χ0n) is 9.30. The molecule has 0 unspecified atom stereocenters. The summed E-state index contributed by atoms with van der Waals surface area (Å²) < 4.78 is 30.8. The van der Waals surface area contributed by atoms with E-state index in [1.54, 1.807) is 0 Å². The molecule has 0 heterocycles. The third-order valence-corrected chi connectivity index (χ3v) is 3.44. The molecule has 0 radical (unpaired) electrons. The summed E-state index contributed by atoms with van der Waals surface area (Å²) >= 11 is 0. The zero-order valence-corrected chi connectivity index (χ0v) is 10.1. The van der Waals surface area contributed by atoms with Crippen molar-refractivity contribution in [1.29, 1.82) is 0 Å². The van der Waals surface area contributed by atoms with Gasteiger partial charge in [-0.05, 0) is 24.3 Å². The number of rotatable bonds is 7. The van der Waals surface area contributed by atoms with Crippen LogP contribution in [0.25, 0.3) is 0 Å². The van der Waals surface area contributed by atoms with Crippen molar-refractivity contribution in [2.24, 2.45) is 0 Å². The Balaban J connectivity index is 2.48. The fourth-order valence-corrected chi connectivity index (χ4v) is 2.16. The molecule has 0 atom stereocenters. The topological polar surface area (TPSA) is 102 Å². The third kappa shape index (κ3) is 4.70. The lowest BCUT2D eigenvalue weighted by atomic mass is 10.3. The summed E-state index contributed by atoms with van der Waals surface area (Å²) in [5.41, 5.74) is 5.98. The van der Waals surface area contributed by atoms with Gasteiger partial charge in [0.05, 0.1) is 24.7 Å². The van der Waals surface area contributed by atoms with Gasteiger partial charge in [0, 0.05) is 12.2 Å². The van der Waals surface area contributed by atoms with Gasteiger partial charge in [-0.15, -0.1) is 0 Å². The lowest BCUT2D eigenvalue weighted by Crippen LogP contribution is -2.27. The summed E-state index contributed by atoms with van der Waals surface area (Å²) in [7, 11) is -3.51. The van der Waals surface area contributed by atoms with Crippen LogP contribution in [0.2, 0.25) is 0 Å². The van der Waals surface area contributed by atoms with Crippen LogP contribution in [-0.4, -0.2) is 39.9 Å². The molecule has 0 aromatic heterocycles. The summed E-state index contributed by atoms with van der Waals surface area (Å²) in [6, 6.07) is 5.92. The zero-order chi connectivity index (χ0) is 12.7. The summed E-state index contributed by atoms with van der Waals surface area (Å²) in [4.78, 5) is 0.161. The molecule has 1 aromatic rings. The Hall–Kier alpha value is -1.15. The summed E-state index contributed by atoms with van der Waals surface area (Å²) in [6.45, 7) is 0.496. The highest BCUT2D eigenvalue weighted by Crippen LogP contribution is 2.10. The minimum atomic E-state index is -3.51. The quantitative estimate of drug-likeness (QED) is 0.455. The van der Waals surface area contributed by atoms with Crippen LogP contribution in [-0.2, 0) is 14.8 Å². The van der Waals surface area contributed by atoms with Crippen molar-refractivity contribution in [3.63, 3.8) is 0 Å². The number of benzene rings is 1. The molecule has 4 N–H and O–H groups in total. The first-order valence-corrected chi connectivity index (χ1v) is 6.58. The monoisotopic (exact) mass is 260 g/mol. The number of aliphatic hydroxyl groups excluding tert-OH is 1. The van der Waals surface area contributed by atoms with Crippen LogP contribution < -0.4 is 10.5 Å². The van der Waals surface area contributed by atoms with E-state index in [9.17, 15) is 8.42 Å². The second-order valence-electron chi connectivity index (χ2n) is 3.30. The summed E-state index contributed by atoms with van der Waals surface area (Å²) in [5.74, 6) is 0. The average Bonchev–Trinajstić information content (AvgIpc) is 2.29. The van der Waals surface area contributed by atoms with E-state index in [1.807, 2.05) is 0 Å². The number of sulfonamides is 1. The van der Waals surface area contributed by atoms with Gasteiger partial charge < -0.3 is 15.6 Å². The van der Waals surface area contributed by atoms with Crippen molar-refractivity contribution in [2.45, 2.75) is 4.90 Å². The highest BCUT2D eigenvalue weighted by Gasteiger charge is 2.12. The number of nitrogens with one attached hydrogen (secondary N) is 1. The summed E-state index contributed by atoms with van der Waals surface area (Å²) in [5, 5.41) is 8.45. The van der Waals surface area contributed by atoms with Gasteiger partial charge in [-0.3, -0.25) is 0 Å². The van der Waals surface area contributed by atoms with Crippen LogP contribution in [0.5, 0.6) is 0 Å². The van der Waals surface area contributed by atoms with Gasteiger partial charge in [-0.1, -0.05) is 0 Å². The van der Waals surface area contributed by atoms with Gasteiger partial charge in [0.2, 0.25) is 10.0 Å². The largest absolute Gasteiger partial charge is 0.399 e. The first-order valence-electron chi connectivity index (χ1n) is 5.10. The van der Waals surface area contributed by atoms with Crippen molar-refractivity contribution >= 4 is 15.7 Å². The van der Waals surface area contributed by atoms with Gasteiger partial charge in [0.25, 0.3) is 0 Å². The van der Waals surface area contributed by atoms with Crippen LogP contribution >= 0.6 is 0 Å². The number of hydrogen-bond donors (Lipinski definition) is 3. The van der Waals surface area contributed by atoms with Gasteiger partial charge in [-0.25, -0.2) is 13.1 Å². The van der Waals surface area contributed by atoms with Crippen LogP contribution in [0.1, 0.15) is 0 Å². The standard InChI is InChI=1S/C10H16N2O4S/c11-9-1-3-10(4-2-9)17(14,15)12-5-7-16-8-6-13/h1-4,12-13H,5-8,11H2. The third-order valence-electron chi connectivity index (χ3n) is 1.96. The minimum absolute atomic E-state index is 0.0787. The smallest absolute Gasteiger partial charge is 0.240 e.